The molecule has 0 radical (unpaired) electrons. The van der Waals surface area contributed by atoms with Crippen molar-refractivity contribution in [3.8, 4) is 0 Å². The summed E-state index contributed by atoms with van der Waals surface area (Å²) in [6.07, 6.45) is 7.97. The van der Waals surface area contributed by atoms with Gasteiger partial charge >= 0.3 is 11.9 Å². The van der Waals surface area contributed by atoms with E-state index in [2.05, 4.69) is 39.8 Å². The minimum atomic E-state index is -0.973. The summed E-state index contributed by atoms with van der Waals surface area (Å²) in [5.41, 5.74) is 3.57. The molecule has 6 nitrogen and oxygen atoms in total. The highest BCUT2D eigenvalue weighted by atomic mass is 16.5. The number of carboxylic acids is 1. The van der Waals surface area contributed by atoms with Gasteiger partial charge in [-0.2, -0.15) is 0 Å². The number of carbonyl (C=O) groups excluding carboxylic acids is 1. The Balaban J connectivity index is 1.54. The average Bonchev–Trinajstić information content (AvgIpc) is 3.24. The summed E-state index contributed by atoms with van der Waals surface area (Å²) < 4.78 is 5.99. The van der Waals surface area contributed by atoms with Crippen LogP contribution in [0, 0.1) is 39.9 Å². The van der Waals surface area contributed by atoms with Crippen molar-refractivity contribution in [3.63, 3.8) is 0 Å². The summed E-state index contributed by atoms with van der Waals surface area (Å²) in [6, 6.07) is 10.1. The summed E-state index contributed by atoms with van der Waals surface area (Å²) in [5.74, 6) is -1.06. The second-order valence-electron chi connectivity index (χ2n) is 15.6. The first kappa shape index (κ1) is 33.7. The number of aliphatic hydroxyl groups excluding tert-OH is 2. The molecule has 5 rings (SSSR count). The van der Waals surface area contributed by atoms with Gasteiger partial charge in [0.1, 0.15) is 6.10 Å². The van der Waals surface area contributed by atoms with Gasteiger partial charge in [0, 0.05) is 12.5 Å². The van der Waals surface area contributed by atoms with E-state index in [0.717, 1.165) is 42.4 Å². The van der Waals surface area contributed by atoms with Crippen LogP contribution in [0.4, 0.5) is 0 Å². The lowest BCUT2D eigenvalue weighted by atomic mass is 9.36. The fourth-order valence-corrected chi connectivity index (χ4v) is 10.8. The van der Waals surface area contributed by atoms with Crippen molar-refractivity contribution in [2.24, 2.45) is 39.9 Å². The Hall–Kier alpha value is -2.70. The first-order valence-corrected chi connectivity index (χ1v) is 17.0. The van der Waals surface area contributed by atoms with E-state index in [-0.39, 0.29) is 40.1 Å². The standard InChI is InChI=1S/C39H54O6/c1-23(2)27(14-13-26-11-9-8-10-12-26)15-16-28(36(43)44)34-30-21-32(42)35-37(5)19-18-31(41)24(3)29(37)17-20-38(35,6)39(30,7)22-33(34)45-25(4)40/h8-14,24,29-33,35,41-42H,15-22H2,1-7H3,(H,43,44)/t24-,29+,30+,31+,32+,33-,35+,37-,38-,39-/m0/s1. The zero-order valence-corrected chi connectivity index (χ0v) is 28.3. The third-order valence-electron chi connectivity index (χ3n) is 13.2. The van der Waals surface area contributed by atoms with Gasteiger partial charge in [-0.05, 0) is 122 Å². The molecule has 4 fully saturated rings. The zero-order valence-electron chi connectivity index (χ0n) is 28.3. The van der Waals surface area contributed by atoms with Crippen LogP contribution in [0.5, 0.6) is 0 Å². The molecule has 45 heavy (non-hydrogen) atoms. The zero-order chi connectivity index (χ0) is 32.9. The minimum Gasteiger partial charge on any atom is -0.478 e. The van der Waals surface area contributed by atoms with Crippen LogP contribution < -0.4 is 0 Å². The van der Waals surface area contributed by atoms with E-state index in [0.29, 0.717) is 42.7 Å². The number of benzene rings is 1. The highest BCUT2D eigenvalue weighted by Gasteiger charge is 2.70. The third kappa shape index (κ3) is 5.75. The van der Waals surface area contributed by atoms with Gasteiger partial charge in [-0.25, -0.2) is 4.79 Å². The first-order chi connectivity index (χ1) is 21.1. The van der Waals surface area contributed by atoms with Crippen molar-refractivity contribution in [1.29, 1.82) is 0 Å². The van der Waals surface area contributed by atoms with Gasteiger partial charge in [-0.1, -0.05) is 75.8 Å². The normalized spacial score (nSPS) is 40.2. The predicted octanol–water partition coefficient (Wildman–Crippen LogP) is 7.75. The van der Waals surface area contributed by atoms with E-state index in [9.17, 15) is 24.9 Å². The Morgan fingerprint density at radius 3 is 2.27 bits per heavy atom. The molecule has 0 spiro atoms. The van der Waals surface area contributed by atoms with E-state index in [4.69, 9.17) is 4.74 Å². The fraction of sp³-hybridized carbons (Fsp3) is 0.641. The molecule has 0 aliphatic heterocycles. The predicted molar refractivity (Wildman–Crippen MR) is 177 cm³/mol. The average molecular weight is 619 g/mol. The Morgan fingerprint density at radius 2 is 1.64 bits per heavy atom. The molecule has 4 aliphatic rings. The highest BCUT2D eigenvalue weighted by molar-refractivity contribution is 5.88. The van der Waals surface area contributed by atoms with Gasteiger partial charge < -0.3 is 20.1 Å². The van der Waals surface area contributed by atoms with E-state index in [1.807, 2.05) is 44.2 Å². The van der Waals surface area contributed by atoms with Crippen LogP contribution in [0.2, 0.25) is 0 Å². The third-order valence-corrected chi connectivity index (χ3v) is 13.2. The first-order valence-electron chi connectivity index (χ1n) is 17.0. The molecule has 4 saturated carbocycles. The molecule has 0 aromatic heterocycles. The number of rotatable bonds is 7. The molecule has 3 N–H and O–H groups in total. The SMILES string of the molecule is CC(=O)O[C@H]1C[C@@]2(C)[C@H](C[C@@H](O)[C@@H]3[C@@]4(C)CC[C@@H](O)[C@@H](C)[C@H]4CC[C@@]32C)C1=C(CCC(C=Cc1ccccc1)=C(C)C)C(=O)O. The molecule has 0 saturated heterocycles. The lowest BCUT2D eigenvalue weighted by Gasteiger charge is -2.69. The van der Waals surface area contributed by atoms with E-state index < -0.39 is 24.1 Å². The molecule has 0 amide bonds. The summed E-state index contributed by atoms with van der Waals surface area (Å²) in [5, 5.41) is 33.6. The number of carboxylic acid groups (broad SMARTS) is 1. The largest absolute Gasteiger partial charge is 0.478 e. The maximum Gasteiger partial charge on any atom is 0.331 e. The number of allylic oxidation sites excluding steroid dienone is 3. The van der Waals surface area contributed by atoms with Crippen LogP contribution in [0.15, 0.2) is 58.7 Å². The number of ether oxygens (including phenoxy) is 1. The van der Waals surface area contributed by atoms with Crippen molar-refractivity contribution in [2.75, 3.05) is 0 Å². The van der Waals surface area contributed by atoms with Crippen LogP contribution in [-0.4, -0.2) is 45.6 Å². The Bertz CT molecular complexity index is 1390. The number of hydrogen-bond donors (Lipinski definition) is 3. The number of aliphatic hydroxyl groups is 2. The topological polar surface area (TPSA) is 104 Å². The van der Waals surface area contributed by atoms with E-state index in [1.165, 1.54) is 6.92 Å². The van der Waals surface area contributed by atoms with Crippen LogP contribution in [0.1, 0.15) is 105 Å². The number of aliphatic carboxylic acids is 1. The number of esters is 1. The molecule has 1 aromatic rings. The highest BCUT2D eigenvalue weighted by Crippen LogP contribution is 2.74. The van der Waals surface area contributed by atoms with Gasteiger partial charge in [-0.3, -0.25) is 4.79 Å². The molecule has 0 bridgehead atoms. The maximum absolute atomic E-state index is 13.1. The molecular formula is C39H54O6. The minimum absolute atomic E-state index is 0.0194. The smallest absolute Gasteiger partial charge is 0.331 e. The van der Waals surface area contributed by atoms with Crippen LogP contribution in [0.3, 0.4) is 0 Å². The van der Waals surface area contributed by atoms with Gasteiger partial charge in [0.2, 0.25) is 0 Å². The monoisotopic (exact) mass is 618 g/mol. The van der Waals surface area contributed by atoms with Crippen molar-refractivity contribution in [1.82, 2.24) is 0 Å². The van der Waals surface area contributed by atoms with Crippen molar-refractivity contribution >= 4 is 18.0 Å². The Labute approximate surface area is 269 Å². The molecule has 10 atom stereocenters. The molecule has 1 aromatic carbocycles. The molecule has 0 unspecified atom stereocenters. The molecule has 6 heteroatoms. The fourth-order valence-electron chi connectivity index (χ4n) is 10.8. The van der Waals surface area contributed by atoms with Crippen LogP contribution in [-0.2, 0) is 14.3 Å². The van der Waals surface area contributed by atoms with Gasteiger partial charge in [0.15, 0.2) is 0 Å². The summed E-state index contributed by atoms with van der Waals surface area (Å²) in [6.45, 7) is 14.6. The number of fused-ring (bicyclic) bond motifs is 5. The van der Waals surface area contributed by atoms with Crippen molar-refractivity contribution in [3.05, 3.63) is 64.3 Å². The number of carbonyl (C=O) groups is 2. The van der Waals surface area contributed by atoms with Crippen LogP contribution in [0.25, 0.3) is 6.08 Å². The van der Waals surface area contributed by atoms with Gasteiger partial charge in [0.25, 0.3) is 0 Å². The molecule has 4 aliphatic carbocycles. The number of hydrogen-bond acceptors (Lipinski definition) is 5. The quantitative estimate of drug-likeness (QED) is 0.164. The summed E-state index contributed by atoms with van der Waals surface area (Å²) >= 11 is 0. The van der Waals surface area contributed by atoms with Crippen LogP contribution >= 0.6 is 0 Å². The molecule has 0 heterocycles. The van der Waals surface area contributed by atoms with Gasteiger partial charge in [0.05, 0.1) is 12.2 Å². The lowest BCUT2D eigenvalue weighted by Crippen LogP contribution is -2.65. The van der Waals surface area contributed by atoms with Crippen molar-refractivity contribution in [2.45, 2.75) is 118 Å². The molecule has 246 valence electrons. The van der Waals surface area contributed by atoms with E-state index in [1.54, 1.807) is 0 Å². The summed E-state index contributed by atoms with van der Waals surface area (Å²) in [4.78, 5) is 25.6. The van der Waals surface area contributed by atoms with Gasteiger partial charge in [-0.15, -0.1) is 0 Å². The lowest BCUT2D eigenvalue weighted by molar-refractivity contribution is -0.234. The van der Waals surface area contributed by atoms with Crippen molar-refractivity contribution < 1.29 is 29.6 Å². The second-order valence-corrected chi connectivity index (χ2v) is 15.6. The summed E-state index contributed by atoms with van der Waals surface area (Å²) in [7, 11) is 0. The Kier molecular flexibility index (Phi) is 9.34. The van der Waals surface area contributed by atoms with E-state index >= 15 is 0 Å². The molecular weight excluding hydrogens is 564 g/mol. The Morgan fingerprint density at radius 1 is 0.956 bits per heavy atom. The maximum atomic E-state index is 13.1. The second kappa shape index (κ2) is 12.5.